The molecule has 2 N–H and O–H groups in total. The van der Waals surface area contributed by atoms with Crippen molar-refractivity contribution >= 4 is 27.5 Å². The maximum absolute atomic E-state index is 9.68. The van der Waals surface area contributed by atoms with Gasteiger partial charge in [-0.2, -0.15) is 0 Å². The summed E-state index contributed by atoms with van der Waals surface area (Å²) in [5.41, 5.74) is 1.06. The fourth-order valence-electron chi connectivity index (χ4n) is 1.67. The molecule has 1 unspecified atom stereocenters. The number of aliphatic hydroxyl groups excluding tert-OH is 1. The third kappa shape index (κ3) is 3.45. The van der Waals surface area contributed by atoms with Gasteiger partial charge in [0.2, 0.25) is 0 Å². The van der Waals surface area contributed by atoms with Crippen LogP contribution < -0.4 is 5.32 Å². The van der Waals surface area contributed by atoms with Gasteiger partial charge in [0, 0.05) is 22.6 Å². The highest BCUT2D eigenvalue weighted by Gasteiger charge is 2.29. The fourth-order valence-corrected chi connectivity index (χ4v) is 2.41. The molecule has 1 aliphatic carbocycles. The molecule has 16 heavy (non-hydrogen) atoms. The number of hydrogen-bond donors (Lipinski definition) is 2. The maximum atomic E-state index is 9.68. The normalized spacial score (nSPS) is 17.4. The van der Waals surface area contributed by atoms with Crippen LogP contribution in [-0.2, 0) is 6.54 Å². The van der Waals surface area contributed by atoms with Crippen LogP contribution in [0.5, 0.6) is 0 Å². The lowest BCUT2D eigenvalue weighted by atomic mass is 10.2. The molecule has 0 spiro atoms. The number of aliphatic hydroxyl groups is 1. The first-order chi connectivity index (χ1) is 7.66. The summed E-state index contributed by atoms with van der Waals surface area (Å²) in [6.07, 6.45) is 2.14. The van der Waals surface area contributed by atoms with E-state index in [1.807, 2.05) is 18.2 Å². The van der Waals surface area contributed by atoms with Crippen LogP contribution in [0.25, 0.3) is 0 Å². The van der Waals surface area contributed by atoms with Gasteiger partial charge in [-0.3, -0.25) is 0 Å². The Morgan fingerprint density at radius 2 is 2.25 bits per heavy atom. The molecule has 1 aromatic carbocycles. The Bertz CT molecular complexity index is 368. The van der Waals surface area contributed by atoms with E-state index in [0.29, 0.717) is 19.0 Å². The quantitative estimate of drug-likeness (QED) is 0.876. The summed E-state index contributed by atoms with van der Waals surface area (Å²) < 4.78 is 0.985. The van der Waals surface area contributed by atoms with Crippen molar-refractivity contribution in [2.45, 2.75) is 25.5 Å². The Labute approximate surface area is 109 Å². The summed E-state index contributed by atoms with van der Waals surface area (Å²) in [5.74, 6) is 0.521. The summed E-state index contributed by atoms with van der Waals surface area (Å²) in [5, 5.41) is 13.7. The Morgan fingerprint density at radius 1 is 1.50 bits per heavy atom. The second-order valence-corrected chi connectivity index (χ2v) is 5.59. The van der Waals surface area contributed by atoms with Gasteiger partial charge in [-0.1, -0.05) is 33.6 Å². The zero-order valence-corrected chi connectivity index (χ0v) is 11.3. The molecule has 0 aliphatic heterocycles. The van der Waals surface area contributed by atoms with Gasteiger partial charge in [0.05, 0.1) is 6.10 Å². The van der Waals surface area contributed by atoms with Crippen molar-refractivity contribution in [1.29, 1.82) is 0 Å². The third-order valence-corrected chi connectivity index (χ3v) is 3.70. The van der Waals surface area contributed by atoms with Crippen LogP contribution in [-0.4, -0.2) is 17.8 Å². The number of halogens is 2. The van der Waals surface area contributed by atoms with Crippen molar-refractivity contribution in [3.05, 3.63) is 33.3 Å². The lowest BCUT2D eigenvalue weighted by molar-refractivity contribution is 0.148. The molecule has 1 saturated carbocycles. The average molecular weight is 305 g/mol. The van der Waals surface area contributed by atoms with E-state index in [0.717, 1.165) is 15.1 Å². The smallest absolute Gasteiger partial charge is 0.0692 e. The van der Waals surface area contributed by atoms with Crippen molar-refractivity contribution < 1.29 is 5.11 Å². The monoisotopic (exact) mass is 303 g/mol. The van der Waals surface area contributed by atoms with Crippen LogP contribution >= 0.6 is 27.5 Å². The first-order valence-electron chi connectivity index (χ1n) is 5.49. The van der Waals surface area contributed by atoms with Gasteiger partial charge in [-0.25, -0.2) is 0 Å². The minimum Gasteiger partial charge on any atom is -0.392 e. The molecule has 0 radical (unpaired) electrons. The second-order valence-electron chi connectivity index (χ2n) is 4.27. The number of hydrogen-bond acceptors (Lipinski definition) is 2. The van der Waals surface area contributed by atoms with Crippen LogP contribution in [0.2, 0.25) is 5.02 Å². The number of benzene rings is 1. The van der Waals surface area contributed by atoms with E-state index >= 15 is 0 Å². The summed E-state index contributed by atoms with van der Waals surface area (Å²) in [4.78, 5) is 0. The molecule has 88 valence electrons. The van der Waals surface area contributed by atoms with Crippen molar-refractivity contribution in [2.24, 2.45) is 5.92 Å². The Balaban J connectivity index is 1.80. The molecule has 0 aromatic heterocycles. The predicted octanol–water partition coefficient (Wildman–Crippen LogP) is 2.96. The third-order valence-electron chi connectivity index (χ3n) is 2.85. The fraction of sp³-hybridized carbons (Fsp3) is 0.500. The highest BCUT2D eigenvalue weighted by Crippen LogP contribution is 2.32. The van der Waals surface area contributed by atoms with Crippen molar-refractivity contribution in [1.82, 2.24) is 5.32 Å². The van der Waals surface area contributed by atoms with Gasteiger partial charge in [0.25, 0.3) is 0 Å². The van der Waals surface area contributed by atoms with Crippen LogP contribution in [0.3, 0.4) is 0 Å². The topological polar surface area (TPSA) is 32.3 Å². The van der Waals surface area contributed by atoms with Crippen molar-refractivity contribution in [3.63, 3.8) is 0 Å². The summed E-state index contributed by atoms with van der Waals surface area (Å²) in [7, 11) is 0. The Hall–Kier alpha value is -0.0900. The maximum Gasteiger partial charge on any atom is 0.0692 e. The van der Waals surface area contributed by atoms with Gasteiger partial charge < -0.3 is 10.4 Å². The van der Waals surface area contributed by atoms with Gasteiger partial charge in [0.1, 0.15) is 0 Å². The lowest BCUT2D eigenvalue weighted by Crippen LogP contribution is -2.27. The summed E-state index contributed by atoms with van der Waals surface area (Å²) in [6, 6.07) is 5.85. The molecule has 2 rings (SSSR count). The number of rotatable bonds is 5. The first-order valence-corrected chi connectivity index (χ1v) is 6.66. The molecule has 1 atom stereocenters. The number of nitrogens with one attached hydrogen (secondary N) is 1. The summed E-state index contributed by atoms with van der Waals surface area (Å²) in [6.45, 7) is 1.35. The van der Waals surface area contributed by atoms with Gasteiger partial charge in [-0.15, -0.1) is 0 Å². The zero-order valence-electron chi connectivity index (χ0n) is 8.92. The van der Waals surface area contributed by atoms with Gasteiger partial charge in [-0.05, 0) is 36.5 Å². The molecule has 0 amide bonds. The van der Waals surface area contributed by atoms with E-state index in [-0.39, 0.29) is 6.10 Å². The van der Waals surface area contributed by atoms with E-state index < -0.39 is 0 Å². The molecule has 1 fully saturated rings. The van der Waals surface area contributed by atoms with Crippen LogP contribution in [0.15, 0.2) is 22.7 Å². The van der Waals surface area contributed by atoms with E-state index in [1.165, 1.54) is 12.8 Å². The van der Waals surface area contributed by atoms with Crippen LogP contribution in [0.4, 0.5) is 0 Å². The highest BCUT2D eigenvalue weighted by molar-refractivity contribution is 9.10. The average Bonchev–Trinajstić information content (AvgIpc) is 3.04. The van der Waals surface area contributed by atoms with E-state index in [2.05, 4.69) is 21.2 Å². The minimum atomic E-state index is -0.200. The molecule has 1 aromatic rings. The second kappa shape index (κ2) is 5.50. The molecule has 2 nitrogen and oxygen atoms in total. The van der Waals surface area contributed by atoms with E-state index in [1.54, 1.807) is 0 Å². The molecule has 0 bridgehead atoms. The standard InChI is InChI=1S/C12H15BrClNO/c13-10-4-3-9(11(14)5-10)6-15-7-12(16)8-1-2-8/h3-5,8,12,15-16H,1-2,6-7H2. The van der Waals surface area contributed by atoms with Crippen LogP contribution in [0, 0.1) is 5.92 Å². The lowest BCUT2D eigenvalue weighted by Gasteiger charge is -2.11. The molecular formula is C12H15BrClNO. The predicted molar refractivity (Wildman–Crippen MR) is 69.6 cm³/mol. The van der Waals surface area contributed by atoms with E-state index in [9.17, 15) is 5.11 Å². The van der Waals surface area contributed by atoms with Crippen molar-refractivity contribution in [3.8, 4) is 0 Å². The largest absolute Gasteiger partial charge is 0.392 e. The van der Waals surface area contributed by atoms with Gasteiger partial charge >= 0.3 is 0 Å². The Kier molecular flexibility index (Phi) is 4.25. The first kappa shape index (κ1) is 12.4. The van der Waals surface area contributed by atoms with E-state index in [4.69, 9.17) is 11.6 Å². The summed E-state index contributed by atoms with van der Waals surface area (Å²) >= 11 is 9.46. The molecule has 1 aliphatic rings. The highest BCUT2D eigenvalue weighted by atomic mass is 79.9. The van der Waals surface area contributed by atoms with Crippen LogP contribution in [0.1, 0.15) is 18.4 Å². The zero-order chi connectivity index (χ0) is 11.5. The minimum absolute atomic E-state index is 0.200. The SMILES string of the molecule is OC(CNCc1ccc(Br)cc1Cl)C1CC1. The molecule has 4 heteroatoms. The Morgan fingerprint density at radius 3 is 2.88 bits per heavy atom. The van der Waals surface area contributed by atoms with Gasteiger partial charge in [0.15, 0.2) is 0 Å². The molecule has 0 heterocycles. The molecule has 0 saturated heterocycles. The van der Waals surface area contributed by atoms with Crippen molar-refractivity contribution in [2.75, 3.05) is 6.54 Å². The molecular weight excluding hydrogens is 289 g/mol.